The third-order valence-corrected chi connectivity index (χ3v) is 7.16. The van der Waals surface area contributed by atoms with Crippen LogP contribution in [0.3, 0.4) is 0 Å². The van der Waals surface area contributed by atoms with Crippen molar-refractivity contribution in [3.8, 4) is 5.69 Å². The largest absolute Gasteiger partial charge is 0.359 e. The van der Waals surface area contributed by atoms with Crippen LogP contribution in [0.1, 0.15) is 22.3 Å². The van der Waals surface area contributed by atoms with Crippen molar-refractivity contribution in [2.45, 2.75) is 24.5 Å². The number of benzene rings is 1. The molecule has 2 aliphatic rings. The van der Waals surface area contributed by atoms with Crippen molar-refractivity contribution in [1.29, 1.82) is 0 Å². The molecule has 4 aromatic rings. The molecule has 3 unspecified atom stereocenters. The van der Waals surface area contributed by atoms with E-state index in [9.17, 15) is 4.79 Å². The van der Waals surface area contributed by atoms with E-state index in [0.717, 1.165) is 28.5 Å². The number of nitrogens with one attached hydrogen (secondary N) is 2. The monoisotopic (exact) mass is 433 g/mol. The Bertz CT molecular complexity index is 1270. The van der Waals surface area contributed by atoms with Crippen molar-refractivity contribution >= 4 is 28.8 Å². The van der Waals surface area contributed by atoms with Crippen molar-refractivity contribution in [2.24, 2.45) is 11.8 Å². The number of piperidine rings is 1. The van der Waals surface area contributed by atoms with Crippen molar-refractivity contribution in [1.82, 2.24) is 34.8 Å². The van der Waals surface area contributed by atoms with Gasteiger partial charge in [0.05, 0.1) is 30.0 Å². The van der Waals surface area contributed by atoms with Gasteiger partial charge >= 0.3 is 5.16 Å². The maximum atomic E-state index is 13.7. The summed E-state index contributed by atoms with van der Waals surface area (Å²) in [5.74, 6) is 2.03. The highest BCUT2D eigenvalue weighted by Gasteiger charge is 2.54. The summed E-state index contributed by atoms with van der Waals surface area (Å²) in [7, 11) is 0. The fourth-order valence-corrected chi connectivity index (χ4v) is 5.55. The van der Waals surface area contributed by atoms with Crippen molar-refractivity contribution in [2.75, 3.05) is 12.3 Å². The highest BCUT2D eigenvalue weighted by atomic mass is 32.2. The number of amides is 1. The summed E-state index contributed by atoms with van der Waals surface area (Å²) in [4.78, 5) is 32.3. The first-order valence-corrected chi connectivity index (χ1v) is 11.3. The Labute approximate surface area is 182 Å². The number of fused-ring (bicyclic) bond motifs is 2. The molecule has 3 atom stereocenters. The van der Waals surface area contributed by atoms with Crippen LogP contribution < -0.4 is 4.98 Å². The van der Waals surface area contributed by atoms with E-state index >= 15 is 0 Å². The number of hydrogen-bond acceptors (Lipinski definition) is 6. The van der Waals surface area contributed by atoms with E-state index in [2.05, 4.69) is 30.1 Å². The summed E-state index contributed by atoms with van der Waals surface area (Å²) in [6.07, 6.45) is 7.97. The molecule has 3 aromatic heterocycles. The van der Waals surface area contributed by atoms with Gasteiger partial charge in [0.15, 0.2) is 5.52 Å². The van der Waals surface area contributed by atoms with Gasteiger partial charge in [-0.15, -0.1) is 0 Å². The molecule has 156 valence electrons. The maximum absolute atomic E-state index is 13.7. The summed E-state index contributed by atoms with van der Waals surface area (Å²) in [6, 6.07) is 6.03. The van der Waals surface area contributed by atoms with Crippen LogP contribution in [-0.4, -0.2) is 59.1 Å². The number of likely N-dealkylation sites (tertiary alicyclic amines) is 1. The molecular weight excluding hydrogens is 412 g/mol. The highest BCUT2D eigenvalue weighted by Crippen LogP contribution is 2.51. The van der Waals surface area contributed by atoms with E-state index in [1.54, 1.807) is 30.5 Å². The second kappa shape index (κ2) is 7.16. The first-order valence-electron chi connectivity index (χ1n) is 10.3. The zero-order valence-corrected chi connectivity index (χ0v) is 17.7. The van der Waals surface area contributed by atoms with Gasteiger partial charge in [0.25, 0.3) is 11.6 Å². The van der Waals surface area contributed by atoms with Gasteiger partial charge in [0.2, 0.25) is 0 Å². The third-order valence-electron chi connectivity index (χ3n) is 6.17. The Morgan fingerprint density at radius 1 is 1.32 bits per heavy atom. The molecule has 10 heteroatoms. The second-order valence-electron chi connectivity index (χ2n) is 8.18. The Morgan fingerprint density at radius 2 is 2.19 bits per heavy atom. The van der Waals surface area contributed by atoms with Crippen LogP contribution in [0.15, 0.2) is 48.3 Å². The number of rotatable bonds is 5. The molecule has 0 spiro atoms. The van der Waals surface area contributed by atoms with Crippen molar-refractivity contribution in [3.63, 3.8) is 0 Å². The molecule has 0 bridgehead atoms. The predicted molar refractivity (Wildman–Crippen MR) is 114 cm³/mol. The number of aromatic amines is 2. The fourth-order valence-electron chi connectivity index (χ4n) is 4.50. The van der Waals surface area contributed by atoms with Gasteiger partial charge in [-0.25, -0.2) is 4.98 Å². The molecule has 9 nitrogen and oxygen atoms in total. The van der Waals surface area contributed by atoms with Gasteiger partial charge in [-0.3, -0.25) is 4.79 Å². The Kier molecular flexibility index (Phi) is 4.27. The van der Waals surface area contributed by atoms with E-state index in [-0.39, 0.29) is 11.9 Å². The molecule has 1 saturated heterocycles. The number of nitrogens with zero attached hydrogens (tertiary/aromatic N) is 6. The SMILES string of the molecule is Cc1ccc(-n2nccn2)c(C(=O)N2CC3CC3C2CSc2nc3nc[nH]c3c[nH+]2)c1. The van der Waals surface area contributed by atoms with E-state index in [1.165, 1.54) is 11.2 Å². The zero-order chi connectivity index (χ0) is 20.9. The summed E-state index contributed by atoms with van der Waals surface area (Å²) in [5.41, 5.74) is 3.98. The number of hydrogen-bond donors (Lipinski definition) is 1. The minimum Gasteiger partial charge on any atom is -0.338 e. The van der Waals surface area contributed by atoms with Gasteiger partial charge in [-0.05, 0) is 54.1 Å². The van der Waals surface area contributed by atoms with Crippen molar-refractivity contribution < 1.29 is 9.78 Å². The Morgan fingerprint density at radius 3 is 3.06 bits per heavy atom. The molecule has 4 heterocycles. The summed E-state index contributed by atoms with van der Waals surface area (Å²) in [6.45, 7) is 2.81. The average molecular weight is 434 g/mol. The first kappa shape index (κ1) is 18.5. The molecule has 31 heavy (non-hydrogen) atoms. The van der Waals surface area contributed by atoms with Crippen LogP contribution in [0.2, 0.25) is 0 Å². The predicted octanol–water partition coefficient (Wildman–Crippen LogP) is 1.91. The molecule has 2 N–H and O–H groups in total. The lowest BCUT2D eigenvalue weighted by molar-refractivity contribution is -0.431. The molecular formula is C21H21N8OS+. The molecule has 6 rings (SSSR count). The number of aryl methyl sites for hydroxylation is 1. The van der Waals surface area contributed by atoms with Crippen LogP contribution in [-0.2, 0) is 0 Å². The van der Waals surface area contributed by atoms with Gasteiger partial charge in [-0.1, -0.05) is 11.6 Å². The molecule has 1 saturated carbocycles. The number of carbonyl (C=O) groups is 1. The molecule has 1 aliphatic heterocycles. The lowest BCUT2D eigenvalue weighted by Gasteiger charge is -2.27. The van der Waals surface area contributed by atoms with E-state index in [1.807, 2.05) is 36.2 Å². The van der Waals surface area contributed by atoms with E-state index < -0.39 is 0 Å². The summed E-state index contributed by atoms with van der Waals surface area (Å²) >= 11 is 1.64. The smallest absolute Gasteiger partial charge is 0.338 e. The topological polar surface area (TPSA) is 107 Å². The van der Waals surface area contributed by atoms with Crippen molar-refractivity contribution in [3.05, 3.63) is 54.2 Å². The molecule has 2 fully saturated rings. The van der Waals surface area contributed by atoms with Crippen LogP contribution in [0.25, 0.3) is 16.9 Å². The van der Waals surface area contributed by atoms with Crippen LogP contribution in [0.5, 0.6) is 0 Å². The Hall–Kier alpha value is -3.27. The molecule has 1 aliphatic carbocycles. The minimum atomic E-state index is 0.0495. The van der Waals surface area contributed by atoms with Gasteiger partial charge in [-0.2, -0.15) is 20.0 Å². The lowest BCUT2D eigenvalue weighted by atomic mass is 10.1. The third kappa shape index (κ3) is 3.27. The normalized spacial score (nSPS) is 22.1. The Balaban J connectivity index is 1.26. The van der Waals surface area contributed by atoms with Gasteiger partial charge in [0, 0.05) is 18.3 Å². The molecule has 1 amide bonds. The lowest BCUT2D eigenvalue weighted by Crippen LogP contribution is -2.40. The standard InChI is InChI=1S/C21H20N8OS/c1-12-2-3-17(29-25-4-5-26-29)15(6-12)20(30)28-9-13-7-14(13)18(28)10-31-21-22-8-16-19(27-21)24-11-23-16/h2-6,8,11,13-14,18H,7,9-10H2,1H3,(H,22,23,24,27)/p+1. The average Bonchev–Trinajstić information content (AvgIpc) is 3.19. The first-order chi connectivity index (χ1) is 15.2. The highest BCUT2D eigenvalue weighted by molar-refractivity contribution is 7.99. The van der Waals surface area contributed by atoms with Gasteiger partial charge in [0.1, 0.15) is 6.20 Å². The molecule has 1 aromatic carbocycles. The number of aromatic nitrogens is 7. The zero-order valence-electron chi connectivity index (χ0n) is 16.9. The quantitative estimate of drug-likeness (QED) is 0.381. The van der Waals surface area contributed by atoms with Crippen LogP contribution >= 0.6 is 11.8 Å². The van der Waals surface area contributed by atoms with E-state index in [4.69, 9.17) is 0 Å². The maximum Gasteiger partial charge on any atom is 0.359 e. The summed E-state index contributed by atoms with van der Waals surface area (Å²) in [5, 5.41) is 9.28. The van der Waals surface area contributed by atoms with Crippen LogP contribution in [0.4, 0.5) is 0 Å². The van der Waals surface area contributed by atoms with Crippen LogP contribution in [0, 0.1) is 18.8 Å². The minimum absolute atomic E-state index is 0.0495. The fraction of sp³-hybridized carbons (Fsp3) is 0.333. The van der Waals surface area contributed by atoms with Gasteiger partial charge < -0.3 is 9.88 Å². The molecule has 0 radical (unpaired) electrons. The number of H-pyrrole nitrogens is 2. The summed E-state index contributed by atoms with van der Waals surface area (Å²) < 4.78 is 0. The number of carbonyl (C=O) groups excluding carboxylic acids is 1. The number of thioether (sulfide) groups is 1. The second-order valence-corrected chi connectivity index (χ2v) is 9.19. The van der Waals surface area contributed by atoms with E-state index in [0.29, 0.717) is 28.7 Å². The number of imidazole rings is 1.